The molecule has 3 rings (SSSR count). The van der Waals surface area contributed by atoms with Gasteiger partial charge in [0.1, 0.15) is 5.76 Å². The standard InChI is InChI=1S/C20H19NO4/c1-25-13-12-21-17(14-8-4-2-5-9-14)16(19(23)20(21)24)18(22)15-10-6-3-7-11-15/h2-11,17,22H,12-13H2,1H3/b18-16-. The first kappa shape index (κ1) is 16.9. The van der Waals surface area contributed by atoms with Gasteiger partial charge in [0.05, 0.1) is 18.2 Å². The normalized spacial score (nSPS) is 19.4. The Balaban J connectivity index is 2.14. The van der Waals surface area contributed by atoms with Crippen LogP contribution in [0.25, 0.3) is 5.76 Å². The van der Waals surface area contributed by atoms with Gasteiger partial charge in [0, 0.05) is 19.2 Å². The number of carbonyl (C=O) groups is 2. The number of aliphatic hydroxyl groups is 1. The van der Waals surface area contributed by atoms with Gasteiger partial charge in [0.25, 0.3) is 11.7 Å². The zero-order valence-electron chi connectivity index (χ0n) is 13.9. The zero-order valence-corrected chi connectivity index (χ0v) is 13.9. The molecule has 25 heavy (non-hydrogen) atoms. The van der Waals surface area contributed by atoms with Gasteiger partial charge in [-0.15, -0.1) is 0 Å². The number of aliphatic hydroxyl groups excluding tert-OH is 1. The van der Waals surface area contributed by atoms with Crippen molar-refractivity contribution in [2.75, 3.05) is 20.3 Å². The Hall–Kier alpha value is -2.92. The summed E-state index contributed by atoms with van der Waals surface area (Å²) in [5.74, 6) is -1.46. The van der Waals surface area contributed by atoms with E-state index in [2.05, 4.69) is 0 Å². The quantitative estimate of drug-likeness (QED) is 0.517. The maximum absolute atomic E-state index is 12.6. The highest BCUT2D eigenvalue weighted by molar-refractivity contribution is 6.46. The number of carbonyl (C=O) groups excluding carboxylic acids is 2. The van der Waals surface area contributed by atoms with Gasteiger partial charge >= 0.3 is 0 Å². The maximum atomic E-state index is 12.6. The minimum Gasteiger partial charge on any atom is -0.507 e. The van der Waals surface area contributed by atoms with E-state index in [1.165, 1.54) is 12.0 Å². The van der Waals surface area contributed by atoms with Gasteiger partial charge in [-0.1, -0.05) is 60.7 Å². The SMILES string of the molecule is COCCN1C(=O)C(=O)/C(=C(\O)c2ccccc2)C1c1ccccc1. The second-order valence-corrected chi connectivity index (χ2v) is 5.76. The van der Waals surface area contributed by atoms with Crippen molar-refractivity contribution in [3.8, 4) is 0 Å². The van der Waals surface area contributed by atoms with Gasteiger partial charge in [-0.2, -0.15) is 0 Å². The van der Waals surface area contributed by atoms with E-state index in [1.807, 2.05) is 36.4 Å². The Morgan fingerprint density at radius 2 is 1.64 bits per heavy atom. The molecule has 1 amide bonds. The van der Waals surface area contributed by atoms with Crippen LogP contribution >= 0.6 is 0 Å². The van der Waals surface area contributed by atoms with Gasteiger partial charge in [-0.05, 0) is 5.56 Å². The number of Topliss-reactive ketones (excluding diaryl/α,β-unsaturated/α-hetero) is 1. The molecule has 0 aromatic heterocycles. The van der Waals surface area contributed by atoms with Crippen LogP contribution in [0.1, 0.15) is 17.2 Å². The molecule has 5 nitrogen and oxygen atoms in total. The number of ketones is 1. The second-order valence-electron chi connectivity index (χ2n) is 5.76. The van der Waals surface area contributed by atoms with E-state index in [0.717, 1.165) is 5.56 Å². The van der Waals surface area contributed by atoms with E-state index in [9.17, 15) is 14.7 Å². The molecular weight excluding hydrogens is 318 g/mol. The van der Waals surface area contributed by atoms with E-state index in [4.69, 9.17) is 4.74 Å². The predicted octanol–water partition coefficient (Wildman–Crippen LogP) is 2.75. The van der Waals surface area contributed by atoms with Crippen molar-refractivity contribution >= 4 is 17.4 Å². The molecule has 1 heterocycles. The molecule has 1 saturated heterocycles. The summed E-state index contributed by atoms with van der Waals surface area (Å²) in [6.07, 6.45) is 0. The average molecular weight is 337 g/mol. The van der Waals surface area contributed by atoms with Crippen LogP contribution in [-0.4, -0.2) is 42.0 Å². The average Bonchev–Trinajstić information content (AvgIpc) is 2.91. The van der Waals surface area contributed by atoms with Crippen molar-refractivity contribution < 1.29 is 19.4 Å². The second kappa shape index (κ2) is 7.32. The van der Waals surface area contributed by atoms with Crippen LogP contribution in [0.2, 0.25) is 0 Å². The number of amides is 1. The minimum absolute atomic E-state index is 0.110. The number of hydrogen-bond donors (Lipinski definition) is 1. The molecule has 1 aliphatic heterocycles. The van der Waals surface area contributed by atoms with Gasteiger partial charge in [-0.3, -0.25) is 9.59 Å². The zero-order chi connectivity index (χ0) is 17.8. The molecule has 0 spiro atoms. The third kappa shape index (κ3) is 3.19. The van der Waals surface area contributed by atoms with Gasteiger partial charge in [0.2, 0.25) is 0 Å². The van der Waals surface area contributed by atoms with Crippen LogP contribution in [0.3, 0.4) is 0 Å². The first-order chi connectivity index (χ1) is 12.1. The first-order valence-electron chi connectivity index (χ1n) is 8.03. The molecule has 128 valence electrons. The summed E-state index contributed by atoms with van der Waals surface area (Å²) in [5.41, 5.74) is 1.39. The van der Waals surface area contributed by atoms with Gasteiger partial charge in [-0.25, -0.2) is 0 Å². The topological polar surface area (TPSA) is 66.8 Å². The number of rotatable bonds is 5. The van der Waals surface area contributed by atoms with Crippen molar-refractivity contribution in [2.45, 2.75) is 6.04 Å². The summed E-state index contributed by atoms with van der Waals surface area (Å²) >= 11 is 0. The lowest BCUT2D eigenvalue weighted by molar-refractivity contribution is -0.140. The smallest absolute Gasteiger partial charge is 0.295 e. The lowest BCUT2D eigenvalue weighted by atomic mass is 9.95. The number of methoxy groups -OCH3 is 1. The van der Waals surface area contributed by atoms with Crippen molar-refractivity contribution in [1.29, 1.82) is 0 Å². The Bertz CT molecular complexity index is 799. The largest absolute Gasteiger partial charge is 0.507 e. The van der Waals surface area contributed by atoms with E-state index in [0.29, 0.717) is 12.2 Å². The highest BCUT2D eigenvalue weighted by Crippen LogP contribution is 2.38. The monoisotopic (exact) mass is 337 g/mol. The molecular formula is C20H19NO4. The van der Waals surface area contributed by atoms with Crippen LogP contribution < -0.4 is 0 Å². The fourth-order valence-electron chi connectivity index (χ4n) is 3.03. The molecule has 1 atom stereocenters. The van der Waals surface area contributed by atoms with Gasteiger partial charge < -0.3 is 14.7 Å². The highest BCUT2D eigenvalue weighted by Gasteiger charge is 2.45. The molecule has 0 radical (unpaired) electrons. The lowest BCUT2D eigenvalue weighted by Crippen LogP contribution is -2.32. The molecule has 0 saturated carbocycles. The maximum Gasteiger partial charge on any atom is 0.295 e. The Kier molecular flexibility index (Phi) is 4.95. The first-order valence-corrected chi connectivity index (χ1v) is 8.03. The van der Waals surface area contributed by atoms with Crippen molar-refractivity contribution in [1.82, 2.24) is 4.90 Å². The Labute approximate surface area is 146 Å². The van der Waals surface area contributed by atoms with Crippen molar-refractivity contribution in [3.63, 3.8) is 0 Å². The Morgan fingerprint density at radius 3 is 2.24 bits per heavy atom. The van der Waals surface area contributed by atoms with E-state index < -0.39 is 17.7 Å². The summed E-state index contributed by atoms with van der Waals surface area (Å²) in [4.78, 5) is 26.6. The van der Waals surface area contributed by atoms with E-state index >= 15 is 0 Å². The van der Waals surface area contributed by atoms with Crippen LogP contribution in [0.15, 0.2) is 66.2 Å². The minimum atomic E-state index is -0.675. The Morgan fingerprint density at radius 1 is 1.04 bits per heavy atom. The van der Waals surface area contributed by atoms with Gasteiger partial charge in [0.15, 0.2) is 0 Å². The lowest BCUT2D eigenvalue weighted by Gasteiger charge is -2.25. The fraction of sp³-hybridized carbons (Fsp3) is 0.200. The number of benzene rings is 2. The third-order valence-electron chi connectivity index (χ3n) is 4.24. The highest BCUT2D eigenvalue weighted by atomic mass is 16.5. The summed E-state index contributed by atoms with van der Waals surface area (Å²) in [5, 5.41) is 10.7. The predicted molar refractivity (Wildman–Crippen MR) is 93.8 cm³/mol. The number of nitrogens with zero attached hydrogens (tertiary/aromatic N) is 1. The van der Waals surface area contributed by atoms with Crippen molar-refractivity contribution in [2.24, 2.45) is 0 Å². The number of ether oxygens (including phenoxy) is 1. The molecule has 5 heteroatoms. The molecule has 2 aromatic rings. The number of likely N-dealkylation sites (tertiary alicyclic amines) is 1. The summed E-state index contributed by atoms with van der Waals surface area (Å²) in [7, 11) is 1.54. The summed E-state index contributed by atoms with van der Waals surface area (Å²) in [6.45, 7) is 0.577. The van der Waals surface area contributed by atoms with Crippen LogP contribution in [0.4, 0.5) is 0 Å². The van der Waals surface area contributed by atoms with Crippen molar-refractivity contribution in [3.05, 3.63) is 77.4 Å². The fourth-order valence-corrected chi connectivity index (χ4v) is 3.03. The van der Waals surface area contributed by atoms with E-state index in [1.54, 1.807) is 24.3 Å². The molecule has 1 unspecified atom stereocenters. The molecule has 1 N–H and O–H groups in total. The number of hydrogen-bond acceptors (Lipinski definition) is 4. The molecule has 1 fully saturated rings. The summed E-state index contributed by atoms with van der Waals surface area (Å²) in [6, 6.07) is 17.4. The third-order valence-corrected chi connectivity index (χ3v) is 4.24. The molecule has 0 bridgehead atoms. The van der Waals surface area contributed by atoms with Crippen LogP contribution in [0.5, 0.6) is 0 Å². The molecule has 0 aliphatic carbocycles. The summed E-state index contributed by atoms with van der Waals surface area (Å²) < 4.78 is 5.07. The molecule has 1 aliphatic rings. The molecule has 2 aromatic carbocycles. The van der Waals surface area contributed by atoms with Crippen LogP contribution in [-0.2, 0) is 14.3 Å². The van der Waals surface area contributed by atoms with E-state index in [-0.39, 0.29) is 17.9 Å². The van der Waals surface area contributed by atoms with Crippen LogP contribution in [0, 0.1) is 0 Å².